The van der Waals surface area contributed by atoms with Gasteiger partial charge in [-0.1, -0.05) is 50.1 Å². The molecule has 1 heteroatoms. The molecule has 1 aromatic carbocycles. The molecular weight excluding hydrogens is 218 g/mol. The molecule has 100 valence electrons. The topological polar surface area (TPSA) is 12.0 Å². The van der Waals surface area contributed by atoms with E-state index < -0.39 is 0 Å². The van der Waals surface area contributed by atoms with Gasteiger partial charge in [-0.25, -0.2) is 0 Å². The van der Waals surface area contributed by atoms with Crippen LogP contribution < -0.4 is 5.32 Å². The zero-order valence-electron chi connectivity index (χ0n) is 12.1. The molecule has 0 heterocycles. The second-order valence-electron chi connectivity index (χ2n) is 6.26. The van der Waals surface area contributed by atoms with Crippen LogP contribution in [0.25, 0.3) is 0 Å². The van der Waals surface area contributed by atoms with E-state index in [1.165, 1.54) is 31.4 Å². The summed E-state index contributed by atoms with van der Waals surface area (Å²) in [7, 11) is 0. The van der Waals surface area contributed by atoms with Crippen molar-refractivity contribution in [2.45, 2.75) is 46.0 Å². The van der Waals surface area contributed by atoms with Crippen molar-refractivity contribution in [3.05, 3.63) is 35.4 Å². The van der Waals surface area contributed by atoms with E-state index in [9.17, 15) is 0 Å². The van der Waals surface area contributed by atoms with Crippen LogP contribution in [-0.2, 0) is 0 Å². The third-order valence-electron chi connectivity index (χ3n) is 4.09. The Morgan fingerprint density at radius 2 is 2.11 bits per heavy atom. The number of benzene rings is 1. The lowest BCUT2D eigenvalue weighted by molar-refractivity contribution is 0.425. The lowest BCUT2D eigenvalue weighted by Crippen LogP contribution is -2.27. The zero-order valence-corrected chi connectivity index (χ0v) is 12.1. The van der Waals surface area contributed by atoms with Crippen molar-refractivity contribution >= 4 is 0 Å². The average Bonchev–Trinajstić information content (AvgIpc) is 2.77. The number of hydrogen-bond acceptors (Lipinski definition) is 1. The van der Waals surface area contributed by atoms with Crippen molar-refractivity contribution in [2.75, 3.05) is 13.1 Å². The molecule has 0 spiro atoms. The van der Waals surface area contributed by atoms with Gasteiger partial charge in [0, 0.05) is 0 Å². The molecule has 2 atom stereocenters. The van der Waals surface area contributed by atoms with E-state index in [2.05, 4.69) is 50.4 Å². The molecule has 0 aliphatic heterocycles. The molecule has 2 unspecified atom stereocenters. The van der Waals surface area contributed by atoms with E-state index in [4.69, 9.17) is 0 Å². The quantitative estimate of drug-likeness (QED) is 0.822. The maximum atomic E-state index is 3.64. The van der Waals surface area contributed by atoms with Crippen LogP contribution in [0.1, 0.15) is 50.2 Å². The Labute approximate surface area is 112 Å². The number of hydrogen-bond donors (Lipinski definition) is 1. The van der Waals surface area contributed by atoms with Gasteiger partial charge in [0.25, 0.3) is 0 Å². The first-order valence-electron chi connectivity index (χ1n) is 7.44. The van der Waals surface area contributed by atoms with Crippen LogP contribution >= 0.6 is 0 Å². The monoisotopic (exact) mass is 245 g/mol. The van der Waals surface area contributed by atoms with E-state index in [0.29, 0.717) is 0 Å². The highest BCUT2D eigenvalue weighted by molar-refractivity contribution is 5.26. The van der Waals surface area contributed by atoms with E-state index in [1.54, 1.807) is 5.56 Å². The van der Waals surface area contributed by atoms with Gasteiger partial charge in [-0.15, -0.1) is 0 Å². The van der Waals surface area contributed by atoms with Crippen molar-refractivity contribution in [3.8, 4) is 0 Å². The molecule has 0 radical (unpaired) electrons. The molecular formula is C17H27N. The van der Waals surface area contributed by atoms with Gasteiger partial charge in [0.2, 0.25) is 0 Å². The molecule has 2 rings (SSSR count). The largest absolute Gasteiger partial charge is 0.316 e. The second kappa shape index (κ2) is 6.38. The first-order valence-corrected chi connectivity index (χ1v) is 7.44. The summed E-state index contributed by atoms with van der Waals surface area (Å²) in [5, 5.41) is 3.64. The van der Waals surface area contributed by atoms with Crippen molar-refractivity contribution in [1.82, 2.24) is 5.32 Å². The average molecular weight is 245 g/mol. The minimum absolute atomic E-state index is 0.754. The van der Waals surface area contributed by atoms with Crippen molar-refractivity contribution < 1.29 is 0 Å². The van der Waals surface area contributed by atoms with Crippen LogP contribution in [0.3, 0.4) is 0 Å². The van der Waals surface area contributed by atoms with Crippen LogP contribution in [0.5, 0.6) is 0 Å². The molecule has 1 aliphatic rings. The predicted octanol–water partition coefficient (Wildman–Crippen LogP) is 4.12. The fourth-order valence-electron chi connectivity index (χ4n) is 3.18. The number of nitrogens with one attached hydrogen (secondary N) is 1. The van der Waals surface area contributed by atoms with E-state index >= 15 is 0 Å². The molecule has 1 fully saturated rings. The van der Waals surface area contributed by atoms with E-state index in [1.807, 2.05) is 0 Å². The lowest BCUT2D eigenvalue weighted by Gasteiger charge is -2.21. The van der Waals surface area contributed by atoms with Gasteiger partial charge in [-0.3, -0.25) is 0 Å². The minimum Gasteiger partial charge on any atom is -0.316 e. The second-order valence-corrected chi connectivity index (χ2v) is 6.26. The first kappa shape index (κ1) is 13.6. The van der Waals surface area contributed by atoms with Crippen molar-refractivity contribution in [1.29, 1.82) is 0 Å². The summed E-state index contributed by atoms with van der Waals surface area (Å²) >= 11 is 0. The third kappa shape index (κ3) is 3.58. The summed E-state index contributed by atoms with van der Waals surface area (Å²) in [6.07, 6.45) is 4.16. The highest BCUT2D eigenvalue weighted by Crippen LogP contribution is 2.39. The standard InChI is InChI=1S/C17H27N/c1-13(2)11-18-12-16-8-5-9-17(16)15-7-4-6-14(3)10-15/h4,6-7,10,13,16-18H,5,8-9,11-12H2,1-3H3. The molecule has 0 bridgehead atoms. The molecule has 1 aromatic rings. The van der Waals surface area contributed by atoms with Gasteiger partial charge in [0.15, 0.2) is 0 Å². The van der Waals surface area contributed by atoms with Gasteiger partial charge in [-0.2, -0.15) is 0 Å². The summed E-state index contributed by atoms with van der Waals surface area (Å²) in [4.78, 5) is 0. The third-order valence-corrected chi connectivity index (χ3v) is 4.09. The molecule has 1 N–H and O–H groups in total. The van der Waals surface area contributed by atoms with E-state index in [-0.39, 0.29) is 0 Å². The fraction of sp³-hybridized carbons (Fsp3) is 0.647. The van der Waals surface area contributed by atoms with Crippen LogP contribution in [0.15, 0.2) is 24.3 Å². The first-order chi connectivity index (χ1) is 8.66. The Hall–Kier alpha value is -0.820. The summed E-state index contributed by atoms with van der Waals surface area (Å²) in [5.41, 5.74) is 2.96. The Morgan fingerprint density at radius 1 is 1.28 bits per heavy atom. The fourth-order valence-corrected chi connectivity index (χ4v) is 3.18. The lowest BCUT2D eigenvalue weighted by atomic mass is 9.88. The van der Waals surface area contributed by atoms with Crippen LogP contribution in [0.2, 0.25) is 0 Å². The summed E-state index contributed by atoms with van der Waals surface area (Å²) < 4.78 is 0. The normalized spacial score (nSPS) is 23.8. The van der Waals surface area contributed by atoms with Crippen LogP contribution in [-0.4, -0.2) is 13.1 Å². The van der Waals surface area contributed by atoms with Crippen LogP contribution in [0.4, 0.5) is 0 Å². The number of rotatable bonds is 5. The smallest absolute Gasteiger partial charge is 0.00146 e. The van der Waals surface area contributed by atoms with Crippen molar-refractivity contribution in [2.24, 2.45) is 11.8 Å². The Kier molecular flexibility index (Phi) is 4.82. The SMILES string of the molecule is Cc1cccc(C2CCCC2CNCC(C)C)c1. The summed E-state index contributed by atoms with van der Waals surface area (Å²) in [6, 6.07) is 9.11. The maximum absolute atomic E-state index is 3.64. The van der Waals surface area contributed by atoms with Gasteiger partial charge in [0.05, 0.1) is 0 Å². The summed E-state index contributed by atoms with van der Waals surface area (Å²) in [6.45, 7) is 9.09. The van der Waals surface area contributed by atoms with Gasteiger partial charge >= 0.3 is 0 Å². The molecule has 1 nitrogen and oxygen atoms in total. The van der Waals surface area contributed by atoms with Gasteiger partial charge in [-0.05, 0) is 56.2 Å². The highest BCUT2D eigenvalue weighted by Gasteiger charge is 2.28. The van der Waals surface area contributed by atoms with Crippen molar-refractivity contribution in [3.63, 3.8) is 0 Å². The Balaban J connectivity index is 1.95. The van der Waals surface area contributed by atoms with Gasteiger partial charge < -0.3 is 5.32 Å². The Bertz CT molecular complexity index is 370. The Morgan fingerprint density at radius 3 is 2.83 bits per heavy atom. The molecule has 1 aliphatic carbocycles. The van der Waals surface area contributed by atoms with E-state index in [0.717, 1.165) is 24.3 Å². The molecule has 0 aromatic heterocycles. The van der Waals surface area contributed by atoms with Crippen LogP contribution in [0, 0.1) is 18.8 Å². The molecule has 0 amide bonds. The zero-order chi connectivity index (χ0) is 13.0. The highest BCUT2D eigenvalue weighted by atomic mass is 14.9. The maximum Gasteiger partial charge on any atom is -0.00146 e. The predicted molar refractivity (Wildman–Crippen MR) is 79.0 cm³/mol. The molecule has 18 heavy (non-hydrogen) atoms. The minimum atomic E-state index is 0.754. The molecule has 0 saturated heterocycles. The van der Waals surface area contributed by atoms with Gasteiger partial charge in [0.1, 0.15) is 0 Å². The number of aryl methyl sites for hydroxylation is 1. The summed E-state index contributed by atoms with van der Waals surface area (Å²) in [5.74, 6) is 2.37. The molecule has 1 saturated carbocycles.